The monoisotopic (exact) mass is 338 g/mol. The summed E-state index contributed by atoms with van der Waals surface area (Å²) in [6.45, 7) is 4.23. The van der Waals surface area contributed by atoms with Gasteiger partial charge in [-0.15, -0.1) is 0 Å². The van der Waals surface area contributed by atoms with Crippen LogP contribution in [0.15, 0.2) is 54.9 Å². The molecule has 0 saturated heterocycles. The molecule has 0 spiro atoms. The Morgan fingerprint density at radius 1 is 1.12 bits per heavy atom. The number of nitrogens with zero attached hydrogens (tertiary/aromatic N) is 2. The molecule has 4 heteroatoms. The molecule has 0 bridgehead atoms. The number of ether oxygens (including phenoxy) is 1. The number of esters is 1. The van der Waals surface area contributed by atoms with Gasteiger partial charge in [0.2, 0.25) is 0 Å². The quantitative estimate of drug-likeness (QED) is 0.372. The Labute approximate surface area is 150 Å². The van der Waals surface area contributed by atoms with Crippen molar-refractivity contribution < 1.29 is 9.53 Å². The van der Waals surface area contributed by atoms with Gasteiger partial charge >= 0.3 is 12.0 Å². The molecule has 0 radical (unpaired) electrons. The molecular formula is C21H26N2O2. The molecule has 0 aliphatic carbocycles. The number of allylic oxidation sites excluding steroid dienone is 1. The molecule has 0 aliphatic heterocycles. The van der Waals surface area contributed by atoms with Crippen LogP contribution in [-0.2, 0) is 11.2 Å². The highest BCUT2D eigenvalue weighted by Crippen LogP contribution is 2.15. The fourth-order valence-corrected chi connectivity index (χ4v) is 2.50. The second-order valence-corrected chi connectivity index (χ2v) is 6.16. The molecular weight excluding hydrogens is 312 g/mol. The van der Waals surface area contributed by atoms with E-state index in [1.165, 1.54) is 25.3 Å². The molecule has 1 atom stereocenters. The normalized spacial score (nSPS) is 12.2. The smallest absolute Gasteiger partial charge is 0.338 e. The van der Waals surface area contributed by atoms with Crippen molar-refractivity contribution >= 4 is 5.97 Å². The number of hydrogen-bond donors (Lipinski definition) is 0. The highest BCUT2D eigenvalue weighted by Gasteiger charge is 2.06. The molecule has 1 aromatic heterocycles. The van der Waals surface area contributed by atoms with Gasteiger partial charge in [-0.05, 0) is 29.9 Å². The van der Waals surface area contributed by atoms with E-state index in [4.69, 9.17) is 4.74 Å². The van der Waals surface area contributed by atoms with Crippen molar-refractivity contribution in [2.45, 2.75) is 51.9 Å². The lowest BCUT2D eigenvalue weighted by Crippen LogP contribution is -2.07. The van der Waals surface area contributed by atoms with E-state index < -0.39 is 5.97 Å². The summed E-state index contributed by atoms with van der Waals surface area (Å²) in [4.78, 5) is 20.1. The summed E-state index contributed by atoms with van der Waals surface area (Å²) in [5, 5.41) is 0. The van der Waals surface area contributed by atoms with Crippen LogP contribution in [0, 0.1) is 0 Å². The Balaban J connectivity index is 1.81. The predicted molar refractivity (Wildman–Crippen MR) is 99.5 cm³/mol. The standard InChI is InChI=1S/C21H26N2O2/c1-3-4-5-7-10-18-15-22-21(23-16-18)25-20(24)14-13-17(2)19-11-8-6-9-12-19/h6,8-9,11-17H,3-5,7,10H2,1-2H3. The second kappa shape index (κ2) is 10.4. The molecule has 1 aromatic carbocycles. The number of carbonyl (C=O) groups excluding carboxylic acids is 1. The Morgan fingerprint density at radius 3 is 2.52 bits per heavy atom. The van der Waals surface area contributed by atoms with Crippen molar-refractivity contribution in [1.82, 2.24) is 9.97 Å². The number of carbonyl (C=O) groups is 1. The lowest BCUT2D eigenvalue weighted by atomic mass is 10.0. The van der Waals surface area contributed by atoms with Crippen molar-refractivity contribution in [3.63, 3.8) is 0 Å². The summed E-state index contributed by atoms with van der Waals surface area (Å²) in [6, 6.07) is 10.1. The molecule has 0 saturated carbocycles. The zero-order chi connectivity index (χ0) is 17.9. The number of rotatable bonds is 9. The van der Waals surface area contributed by atoms with Gasteiger partial charge in [-0.1, -0.05) is 69.5 Å². The number of aromatic nitrogens is 2. The van der Waals surface area contributed by atoms with Gasteiger partial charge in [0.25, 0.3) is 0 Å². The van der Waals surface area contributed by atoms with E-state index in [1.54, 1.807) is 12.4 Å². The van der Waals surface area contributed by atoms with Crippen LogP contribution < -0.4 is 4.74 Å². The largest absolute Gasteiger partial charge is 0.388 e. The maximum atomic E-state index is 11.9. The molecule has 4 nitrogen and oxygen atoms in total. The number of aryl methyl sites for hydroxylation is 1. The van der Waals surface area contributed by atoms with Crippen molar-refractivity contribution in [2.24, 2.45) is 0 Å². The minimum Gasteiger partial charge on any atom is -0.388 e. The Kier molecular flexibility index (Phi) is 7.83. The maximum absolute atomic E-state index is 11.9. The predicted octanol–water partition coefficient (Wildman–Crippen LogP) is 4.86. The number of hydrogen-bond acceptors (Lipinski definition) is 4. The van der Waals surface area contributed by atoms with Gasteiger partial charge in [0, 0.05) is 18.5 Å². The van der Waals surface area contributed by atoms with E-state index in [-0.39, 0.29) is 11.9 Å². The fourth-order valence-electron chi connectivity index (χ4n) is 2.50. The van der Waals surface area contributed by atoms with Gasteiger partial charge in [0.05, 0.1) is 0 Å². The van der Waals surface area contributed by atoms with Crippen LogP contribution in [0.4, 0.5) is 0 Å². The van der Waals surface area contributed by atoms with Crippen molar-refractivity contribution in [3.05, 3.63) is 66.0 Å². The first kappa shape index (κ1) is 18.8. The second-order valence-electron chi connectivity index (χ2n) is 6.16. The molecule has 1 unspecified atom stereocenters. The summed E-state index contributed by atoms with van der Waals surface area (Å²) in [5.41, 5.74) is 2.22. The van der Waals surface area contributed by atoms with E-state index in [9.17, 15) is 4.79 Å². The molecule has 1 heterocycles. The summed E-state index contributed by atoms with van der Waals surface area (Å²) in [5.74, 6) is -0.321. The summed E-state index contributed by atoms with van der Waals surface area (Å²) in [6.07, 6.45) is 12.5. The van der Waals surface area contributed by atoms with E-state index in [0.29, 0.717) is 0 Å². The van der Waals surface area contributed by atoms with E-state index in [1.807, 2.05) is 43.3 Å². The van der Waals surface area contributed by atoms with Crippen molar-refractivity contribution in [1.29, 1.82) is 0 Å². The van der Waals surface area contributed by atoms with Crippen LogP contribution >= 0.6 is 0 Å². The number of unbranched alkanes of at least 4 members (excludes halogenated alkanes) is 3. The number of benzene rings is 1. The first-order valence-corrected chi connectivity index (χ1v) is 8.95. The summed E-state index contributed by atoms with van der Waals surface area (Å²) in [7, 11) is 0. The molecule has 0 amide bonds. The van der Waals surface area contributed by atoms with Crippen LogP contribution in [-0.4, -0.2) is 15.9 Å². The first-order valence-electron chi connectivity index (χ1n) is 8.95. The minimum absolute atomic E-state index is 0.0966. The third-order valence-electron chi connectivity index (χ3n) is 4.04. The van der Waals surface area contributed by atoms with E-state index in [2.05, 4.69) is 16.9 Å². The third-order valence-corrected chi connectivity index (χ3v) is 4.04. The minimum atomic E-state index is -0.460. The van der Waals surface area contributed by atoms with E-state index in [0.717, 1.165) is 24.0 Å². The van der Waals surface area contributed by atoms with Crippen molar-refractivity contribution in [3.8, 4) is 6.01 Å². The zero-order valence-electron chi connectivity index (χ0n) is 15.0. The molecule has 25 heavy (non-hydrogen) atoms. The Morgan fingerprint density at radius 2 is 1.84 bits per heavy atom. The fraction of sp³-hybridized carbons (Fsp3) is 0.381. The molecule has 132 valence electrons. The van der Waals surface area contributed by atoms with Crippen LogP contribution in [0.5, 0.6) is 6.01 Å². The molecule has 2 rings (SSSR count). The molecule has 0 N–H and O–H groups in total. The summed E-state index contributed by atoms with van der Waals surface area (Å²) >= 11 is 0. The Hall–Kier alpha value is -2.49. The first-order chi connectivity index (χ1) is 12.2. The van der Waals surface area contributed by atoms with Gasteiger partial charge in [-0.25, -0.2) is 14.8 Å². The van der Waals surface area contributed by atoms with Gasteiger partial charge in [0.1, 0.15) is 0 Å². The average Bonchev–Trinajstić information content (AvgIpc) is 2.65. The zero-order valence-corrected chi connectivity index (χ0v) is 15.0. The van der Waals surface area contributed by atoms with Gasteiger partial charge < -0.3 is 4.74 Å². The highest BCUT2D eigenvalue weighted by molar-refractivity contribution is 5.83. The topological polar surface area (TPSA) is 52.1 Å². The lowest BCUT2D eigenvalue weighted by Gasteiger charge is -2.05. The molecule has 2 aromatic rings. The third kappa shape index (κ3) is 6.87. The van der Waals surface area contributed by atoms with Gasteiger partial charge in [0.15, 0.2) is 0 Å². The van der Waals surface area contributed by atoms with Gasteiger partial charge in [-0.2, -0.15) is 0 Å². The van der Waals surface area contributed by atoms with Crippen LogP contribution in [0.25, 0.3) is 0 Å². The van der Waals surface area contributed by atoms with Crippen LogP contribution in [0.3, 0.4) is 0 Å². The maximum Gasteiger partial charge on any atom is 0.338 e. The van der Waals surface area contributed by atoms with Crippen molar-refractivity contribution in [2.75, 3.05) is 0 Å². The molecule has 0 fully saturated rings. The van der Waals surface area contributed by atoms with E-state index >= 15 is 0 Å². The Bertz CT molecular complexity index is 666. The van der Waals surface area contributed by atoms with Crippen LogP contribution in [0.2, 0.25) is 0 Å². The highest BCUT2D eigenvalue weighted by atomic mass is 16.5. The van der Waals surface area contributed by atoms with Crippen LogP contribution in [0.1, 0.15) is 56.6 Å². The SMILES string of the molecule is CCCCCCc1cnc(OC(=O)C=CC(C)c2ccccc2)nc1. The van der Waals surface area contributed by atoms with Gasteiger partial charge in [-0.3, -0.25) is 0 Å². The lowest BCUT2D eigenvalue weighted by molar-refractivity contribution is -0.129. The summed E-state index contributed by atoms with van der Waals surface area (Å²) < 4.78 is 5.15. The molecule has 0 aliphatic rings. The average molecular weight is 338 g/mol.